The van der Waals surface area contributed by atoms with Crippen molar-refractivity contribution in [2.45, 2.75) is 111 Å². The van der Waals surface area contributed by atoms with E-state index < -0.39 is 34.6 Å². The van der Waals surface area contributed by atoms with Crippen LogP contribution in [-0.2, 0) is 9.53 Å². The van der Waals surface area contributed by atoms with Gasteiger partial charge in [-0.3, -0.25) is 4.79 Å². The van der Waals surface area contributed by atoms with Crippen molar-refractivity contribution >= 4 is 5.97 Å². The van der Waals surface area contributed by atoms with Gasteiger partial charge in [0.05, 0.1) is 29.8 Å². The maximum Gasteiger partial charge on any atom is 0.310 e. The molecule has 5 nitrogen and oxygen atoms in total. The van der Waals surface area contributed by atoms with Crippen LogP contribution in [-0.4, -0.2) is 45.7 Å². The van der Waals surface area contributed by atoms with Crippen LogP contribution in [0.5, 0.6) is 0 Å². The zero-order valence-electron chi connectivity index (χ0n) is 22.4. The molecule has 1 heterocycles. The quantitative estimate of drug-likeness (QED) is 0.473. The van der Waals surface area contributed by atoms with E-state index in [2.05, 4.69) is 53.7 Å². The Morgan fingerprint density at radius 3 is 2.23 bits per heavy atom. The standard InChI is InChI=1S/C30H44O5/c1-24(2)9-13-29(23(33)34)14-11-25(3)18(19(29)15-24)7-8-21-26(25,4)10-12-28(6)27(5)17-35-30(21,28)16-20(31)22(27)32/h7-8,19-20,22,31-32H,9-17H2,1-6H3,(H,33,34)/t19-,20-,22-,25+,26+,27+,28+,29-,30+/m0/s1. The highest BCUT2D eigenvalue weighted by Gasteiger charge is 2.77. The second kappa shape index (κ2) is 6.63. The third-order valence-electron chi connectivity index (χ3n) is 13.3. The second-order valence-electron chi connectivity index (χ2n) is 14.8. The van der Waals surface area contributed by atoms with Gasteiger partial charge >= 0.3 is 5.97 Å². The lowest BCUT2D eigenvalue weighted by Crippen LogP contribution is -2.69. The van der Waals surface area contributed by atoms with Gasteiger partial charge in [0.25, 0.3) is 0 Å². The fraction of sp³-hybridized carbons (Fsp3) is 0.833. The largest absolute Gasteiger partial charge is 0.481 e. The van der Waals surface area contributed by atoms with Crippen LogP contribution in [0.4, 0.5) is 0 Å². The van der Waals surface area contributed by atoms with Crippen molar-refractivity contribution in [3.63, 3.8) is 0 Å². The average molecular weight is 485 g/mol. The first-order chi connectivity index (χ1) is 16.1. The number of aliphatic carboxylic acids is 1. The Balaban J connectivity index is 1.53. The summed E-state index contributed by atoms with van der Waals surface area (Å²) < 4.78 is 6.76. The van der Waals surface area contributed by atoms with Crippen molar-refractivity contribution in [1.82, 2.24) is 0 Å². The maximum absolute atomic E-state index is 12.8. The lowest BCUT2D eigenvalue weighted by molar-refractivity contribution is -0.193. The number of carboxylic acids is 1. The third kappa shape index (κ3) is 2.45. The van der Waals surface area contributed by atoms with Gasteiger partial charge in [-0.25, -0.2) is 0 Å². The molecule has 1 aliphatic heterocycles. The summed E-state index contributed by atoms with van der Waals surface area (Å²) >= 11 is 0. The summed E-state index contributed by atoms with van der Waals surface area (Å²) in [4.78, 5) is 12.8. The molecule has 6 rings (SSSR count). The molecule has 0 amide bonds. The molecule has 0 unspecified atom stereocenters. The van der Waals surface area contributed by atoms with Gasteiger partial charge in [0.2, 0.25) is 0 Å². The molecule has 3 N–H and O–H groups in total. The summed E-state index contributed by atoms with van der Waals surface area (Å²) in [6.45, 7) is 14.2. The first-order valence-electron chi connectivity index (χ1n) is 13.8. The smallest absolute Gasteiger partial charge is 0.310 e. The van der Waals surface area contributed by atoms with E-state index in [9.17, 15) is 20.1 Å². The Labute approximate surface area is 210 Å². The highest BCUT2D eigenvalue weighted by atomic mass is 16.5. The zero-order valence-corrected chi connectivity index (χ0v) is 22.4. The van der Waals surface area contributed by atoms with Crippen molar-refractivity contribution in [1.29, 1.82) is 0 Å². The number of hydrogen-bond donors (Lipinski definition) is 3. The Bertz CT molecular complexity index is 1060. The molecule has 0 aromatic heterocycles. The van der Waals surface area contributed by atoms with Gasteiger partial charge in [0.1, 0.15) is 0 Å². The first kappa shape index (κ1) is 24.2. The fourth-order valence-electron chi connectivity index (χ4n) is 10.2. The number of aliphatic hydroxyl groups is 2. The Kier molecular flexibility index (Phi) is 4.58. The van der Waals surface area contributed by atoms with Crippen LogP contribution >= 0.6 is 0 Å². The molecular weight excluding hydrogens is 440 g/mol. The van der Waals surface area contributed by atoms with E-state index >= 15 is 0 Å². The number of ether oxygens (including phenoxy) is 1. The minimum atomic E-state index is -0.804. The molecule has 2 bridgehead atoms. The van der Waals surface area contributed by atoms with E-state index in [1.54, 1.807) is 0 Å². The summed E-state index contributed by atoms with van der Waals surface area (Å²) in [5.74, 6) is -0.563. The van der Waals surface area contributed by atoms with E-state index in [0.29, 0.717) is 13.0 Å². The van der Waals surface area contributed by atoms with Crippen LogP contribution in [0.2, 0.25) is 0 Å². The molecule has 5 aliphatic carbocycles. The van der Waals surface area contributed by atoms with Gasteiger partial charge < -0.3 is 20.1 Å². The Morgan fingerprint density at radius 2 is 1.54 bits per heavy atom. The number of aliphatic hydroxyl groups excluding tert-OH is 2. The predicted octanol–water partition coefficient (Wildman–Crippen LogP) is 5.26. The molecule has 9 atom stereocenters. The average Bonchev–Trinajstić information content (AvgIpc) is 2.95. The Hall–Kier alpha value is -1.17. The minimum Gasteiger partial charge on any atom is -0.481 e. The minimum absolute atomic E-state index is 0.0523. The lowest BCUT2D eigenvalue weighted by atomic mass is 9.35. The maximum atomic E-state index is 12.8. The highest BCUT2D eigenvalue weighted by Crippen LogP contribution is 2.77. The van der Waals surface area contributed by atoms with Gasteiger partial charge in [-0.2, -0.15) is 0 Å². The van der Waals surface area contributed by atoms with Crippen LogP contribution in [0.15, 0.2) is 23.3 Å². The number of carbonyl (C=O) groups is 1. The molecule has 194 valence electrons. The normalized spacial score (nSPS) is 56.1. The zero-order chi connectivity index (χ0) is 25.4. The van der Waals surface area contributed by atoms with Gasteiger partial charge in [-0.1, -0.05) is 59.3 Å². The van der Waals surface area contributed by atoms with E-state index in [1.807, 2.05) is 0 Å². The van der Waals surface area contributed by atoms with Crippen LogP contribution in [0.25, 0.3) is 0 Å². The molecule has 0 aromatic rings. The number of allylic oxidation sites excluding steroid dienone is 3. The molecule has 5 heteroatoms. The first-order valence-corrected chi connectivity index (χ1v) is 13.8. The van der Waals surface area contributed by atoms with Crippen molar-refractivity contribution in [3.8, 4) is 0 Å². The molecule has 6 aliphatic rings. The van der Waals surface area contributed by atoms with Crippen LogP contribution < -0.4 is 0 Å². The summed E-state index contributed by atoms with van der Waals surface area (Å²) in [6.07, 6.45) is 9.54. The molecule has 4 saturated carbocycles. The van der Waals surface area contributed by atoms with Gasteiger partial charge in [-0.15, -0.1) is 0 Å². The predicted molar refractivity (Wildman–Crippen MR) is 134 cm³/mol. The molecule has 0 spiro atoms. The van der Waals surface area contributed by atoms with Crippen molar-refractivity contribution in [2.75, 3.05) is 6.61 Å². The number of fused-ring (bicyclic) bond motifs is 5. The fourth-order valence-corrected chi connectivity index (χ4v) is 10.2. The summed E-state index contributed by atoms with van der Waals surface area (Å²) in [7, 11) is 0. The van der Waals surface area contributed by atoms with Gasteiger partial charge in [-0.05, 0) is 67.3 Å². The van der Waals surface area contributed by atoms with Gasteiger partial charge in [0, 0.05) is 22.7 Å². The molecular formula is C30H44O5. The van der Waals surface area contributed by atoms with Crippen LogP contribution in [0, 0.1) is 38.4 Å². The summed E-state index contributed by atoms with van der Waals surface area (Å²) in [6, 6.07) is 0. The van der Waals surface area contributed by atoms with Crippen LogP contribution in [0.3, 0.4) is 0 Å². The van der Waals surface area contributed by atoms with Crippen LogP contribution in [0.1, 0.15) is 92.9 Å². The Morgan fingerprint density at radius 1 is 0.886 bits per heavy atom. The van der Waals surface area contributed by atoms with E-state index in [4.69, 9.17) is 4.74 Å². The van der Waals surface area contributed by atoms with E-state index in [0.717, 1.165) is 44.9 Å². The number of rotatable bonds is 1. The van der Waals surface area contributed by atoms with Crippen molar-refractivity contribution in [2.24, 2.45) is 38.4 Å². The third-order valence-corrected chi connectivity index (χ3v) is 13.3. The summed E-state index contributed by atoms with van der Waals surface area (Å²) in [5, 5.41) is 32.6. The highest BCUT2D eigenvalue weighted by molar-refractivity contribution is 5.77. The number of carboxylic acid groups (broad SMARTS) is 1. The van der Waals surface area contributed by atoms with Gasteiger partial charge in [0.15, 0.2) is 0 Å². The summed E-state index contributed by atoms with van der Waals surface area (Å²) in [5.41, 5.74) is 0.443. The van der Waals surface area contributed by atoms with E-state index in [1.165, 1.54) is 11.1 Å². The molecule has 0 radical (unpaired) electrons. The lowest BCUT2D eigenvalue weighted by Gasteiger charge is -2.69. The molecule has 0 aromatic carbocycles. The van der Waals surface area contributed by atoms with Crippen molar-refractivity contribution < 1.29 is 24.9 Å². The second-order valence-corrected chi connectivity index (χ2v) is 14.8. The molecule has 5 fully saturated rings. The monoisotopic (exact) mass is 484 g/mol. The SMILES string of the molecule is CC1(C)CC[C@]2(C(=O)O)CC[C@]3(C)C(=CC=C4[C@@]3(C)CC[C@@]3(C)[C@@]45C[C@H](O)[C@H](O)[C@@]3(C)CO5)[C@@H]2C1. The number of hydrogen-bond acceptors (Lipinski definition) is 4. The van der Waals surface area contributed by atoms with E-state index in [-0.39, 0.29) is 27.6 Å². The molecule has 1 saturated heterocycles. The van der Waals surface area contributed by atoms with Crippen molar-refractivity contribution in [3.05, 3.63) is 23.3 Å². The topological polar surface area (TPSA) is 87.0 Å². The molecule has 35 heavy (non-hydrogen) atoms.